The van der Waals surface area contributed by atoms with E-state index in [1.807, 2.05) is 0 Å². The minimum Gasteiger partial charge on any atom is -0.466 e. The van der Waals surface area contributed by atoms with Crippen LogP contribution in [0.15, 0.2) is 24.8 Å². The zero-order chi connectivity index (χ0) is 18.6. The molecule has 4 heteroatoms. The molecule has 0 saturated carbocycles. The number of esters is 2. The average molecular weight is 341 g/mol. The van der Waals surface area contributed by atoms with Crippen molar-refractivity contribution in [3.8, 4) is 0 Å². The molecule has 0 saturated heterocycles. The monoisotopic (exact) mass is 340 g/mol. The first-order valence-electron chi connectivity index (χ1n) is 8.99. The predicted molar refractivity (Wildman–Crippen MR) is 99.8 cm³/mol. The molecule has 0 N–H and O–H groups in total. The van der Waals surface area contributed by atoms with Crippen molar-refractivity contribution in [2.24, 2.45) is 0 Å². The smallest absolute Gasteiger partial charge is 0.333 e. The van der Waals surface area contributed by atoms with Crippen LogP contribution in [0.5, 0.6) is 0 Å². The lowest BCUT2D eigenvalue weighted by Gasteiger charge is -2.04. The maximum atomic E-state index is 11.1. The van der Waals surface area contributed by atoms with Crippen molar-refractivity contribution in [3.63, 3.8) is 0 Å². The lowest BCUT2D eigenvalue weighted by atomic mass is 10.0. The van der Waals surface area contributed by atoms with Crippen molar-refractivity contribution in [1.82, 2.24) is 0 Å². The molecule has 0 bridgehead atoms. The molecule has 0 aromatic carbocycles. The van der Waals surface area contributed by atoms with Gasteiger partial charge in [-0.1, -0.05) is 77.9 Å². The van der Waals surface area contributed by atoms with Crippen molar-refractivity contribution in [2.45, 2.75) is 77.6 Å². The number of hydrogen-bond donors (Lipinski definition) is 0. The molecule has 0 aliphatic rings. The van der Waals surface area contributed by atoms with Gasteiger partial charge in [0.1, 0.15) is 0 Å². The third kappa shape index (κ3) is 18.5. The highest BCUT2D eigenvalue weighted by Gasteiger charge is 2.05. The van der Waals surface area contributed by atoms with Crippen molar-refractivity contribution in [2.75, 3.05) is 14.2 Å². The molecule has 0 amide bonds. The van der Waals surface area contributed by atoms with E-state index >= 15 is 0 Å². The van der Waals surface area contributed by atoms with E-state index < -0.39 is 5.97 Å². The summed E-state index contributed by atoms with van der Waals surface area (Å²) in [5.74, 6) is -0.652. The Morgan fingerprint density at radius 3 is 1.62 bits per heavy atom. The number of methoxy groups -OCH3 is 2. The number of carbonyl (C=O) groups excluding carboxylic acids is 2. The largest absolute Gasteiger partial charge is 0.466 e. The molecular weight excluding hydrogens is 304 g/mol. The van der Waals surface area contributed by atoms with E-state index in [1.54, 1.807) is 0 Å². The van der Waals surface area contributed by atoms with E-state index in [2.05, 4.69) is 29.6 Å². The number of carbonyl (C=O) groups is 2. The third-order valence-corrected chi connectivity index (χ3v) is 3.67. The molecule has 0 unspecified atom stereocenters. The fourth-order valence-electron chi connectivity index (χ4n) is 2.16. The number of rotatable bonds is 13. The van der Waals surface area contributed by atoms with E-state index in [0.717, 1.165) is 18.9 Å². The molecule has 0 aromatic rings. The molecule has 0 atom stereocenters. The fraction of sp³-hybridized carbons (Fsp3) is 0.700. The van der Waals surface area contributed by atoms with Crippen LogP contribution >= 0.6 is 0 Å². The van der Waals surface area contributed by atoms with Gasteiger partial charge in [0.15, 0.2) is 0 Å². The summed E-state index contributed by atoms with van der Waals surface area (Å²) in [5.41, 5.74) is 0.608. The van der Waals surface area contributed by atoms with E-state index in [0.29, 0.717) is 5.57 Å². The van der Waals surface area contributed by atoms with Gasteiger partial charge in [0.05, 0.1) is 14.2 Å². The molecule has 0 rings (SSSR count). The second kappa shape index (κ2) is 19.5. The molecule has 0 spiro atoms. The van der Waals surface area contributed by atoms with Crippen LogP contribution in [0, 0.1) is 0 Å². The molecule has 0 radical (unpaired) electrons. The quantitative estimate of drug-likeness (QED) is 0.257. The van der Waals surface area contributed by atoms with Crippen molar-refractivity contribution in [1.29, 1.82) is 0 Å². The summed E-state index contributed by atoms with van der Waals surface area (Å²) in [4.78, 5) is 20.9. The summed E-state index contributed by atoms with van der Waals surface area (Å²) < 4.78 is 8.76. The normalized spacial score (nSPS) is 9.46. The Morgan fingerprint density at radius 2 is 1.29 bits per heavy atom. The molecule has 140 valence electrons. The molecule has 0 aliphatic carbocycles. The molecule has 0 fully saturated rings. The first-order chi connectivity index (χ1) is 11.5. The number of ether oxygens (including phenoxy) is 2. The minimum atomic E-state index is -0.394. The Balaban J connectivity index is 0. The first-order valence-corrected chi connectivity index (χ1v) is 8.99. The molecule has 4 nitrogen and oxygen atoms in total. The highest BCUT2D eigenvalue weighted by molar-refractivity contribution is 5.87. The summed E-state index contributed by atoms with van der Waals surface area (Å²) in [6, 6.07) is 0. The zero-order valence-electron chi connectivity index (χ0n) is 15.9. The van der Waals surface area contributed by atoms with Crippen LogP contribution in [-0.2, 0) is 19.1 Å². The Labute approximate surface area is 148 Å². The summed E-state index contributed by atoms with van der Waals surface area (Å²) in [5, 5.41) is 0. The molecule has 0 heterocycles. The van der Waals surface area contributed by atoms with E-state index in [1.165, 1.54) is 72.0 Å². The zero-order valence-corrected chi connectivity index (χ0v) is 15.9. The summed E-state index contributed by atoms with van der Waals surface area (Å²) in [7, 11) is 2.72. The summed E-state index contributed by atoms with van der Waals surface area (Å²) >= 11 is 0. The van der Waals surface area contributed by atoms with E-state index in [-0.39, 0.29) is 5.97 Å². The predicted octanol–water partition coefficient (Wildman–Crippen LogP) is 5.37. The lowest BCUT2D eigenvalue weighted by Crippen LogP contribution is -2.03. The van der Waals surface area contributed by atoms with Gasteiger partial charge in [0.2, 0.25) is 0 Å². The van der Waals surface area contributed by atoms with Gasteiger partial charge >= 0.3 is 11.9 Å². The second-order valence-corrected chi connectivity index (χ2v) is 5.75. The Kier molecular flexibility index (Phi) is 20.0. The molecular formula is C20H36O4. The molecule has 24 heavy (non-hydrogen) atoms. The minimum absolute atomic E-state index is 0.258. The topological polar surface area (TPSA) is 52.6 Å². The first kappa shape index (κ1) is 24.7. The Bertz CT molecular complexity index is 348. The van der Waals surface area contributed by atoms with Crippen LogP contribution < -0.4 is 0 Å². The van der Waals surface area contributed by atoms with Crippen LogP contribution in [0.25, 0.3) is 0 Å². The average Bonchev–Trinajstić information content (AvgIpc) is 2.62. The number of hydrogen-bond acceptors (Lipinski definition) is 4. The third-order valence-electron chi connectivity index (χ3n) is 3.67. The maximum absolute atomic E-state index is 11.1. The molecule has 0 aromatic heterocycles. The Hall–Kier alpha value is -1.58. The van der Waals surface area contributed by atoms with Gasteiger partial charge in [-0.25, -0.2) is 9.59 Å². The van der Waals surface area contributed by atoms with Crippen LogP contribution in [0.1, 0.15) is 77.6 Å². The van der Waals surface area contributed by atoms with Gasteiger partial charge in [0.25, 0.3) is 0 Å². The summed E-state index contributed by atoms with van der Waals surface area (Å²) in [6.45, 7) is 9.14. The highest BCUT2D eigenvalue weighted by Crippen LogP contribution is 2.13. The highest BCUT2D eigenvalue weighted by atomic mass is 16.5. The van der Waals surface area contributed by atoms with Gasteiger partial charge in [-0.2, -0.15) is 0 Å². The van der Waals surface area contributed by atoms with Crippen LogP contribution in [0.4, 0.5) is 0 Å². The van der Waals surface area contributed by atoms with Crippen molar-refractivity contribution >= 4 is 11.9 Å². The summed E-state index contributed by atoms with van der Waals surface area (Å²) in [6.07, 6.45) is 15.0. The van der Waals surface area contributed by atoms with E-state index in [4.69, 9.17) is 0 Å². The van der Waals surface area contributed by atoms with Gasteiger partial charge in [-0.05, 0) is 12.8 Å². The van der Waals surface area contributed by atoms with Crippen LogP contribution in [0.3, 0.4) is 0 Å². The lowest BCUT2D eigenvalue weighted by molar-refractivity contribution is -0.136. The van der Waals surface area contributed by atoms with Gasteiger partial charge in [-0.15, -0.1) is 0 Å². The van der Waals surface area contributed by atoms with Crippen molar-refractivity contribution in [3.05, 3.63) is 24.8 Å². The fourth-order valence-corrected chi connectivity index (χ4v) is 2.16. The van der Waals surface area contributed by atoms with Gasteiger partial charge in [0, 0.05) is 11.6 Å². The van der Waals surface area contributed by atoms with Crippen LogP contribution in [0.2, 0.25) is 0 Å². The van der Waals surface area contributed by atoms with Gasteiger partial charge in [-0.3, -0.25) is 0 Å². The van der Waals surface area contributed by atoms with Crippen LogP contribution in [-0.4, -0.2) is 26.2 Å². The maximum Gasteiger partial charge on any atom is 0.333 e. The molecule has 0 aliphatic heterocycles. The van der Waals surface area contributed by atoms with Crippen molar-refractivity contribution < 1.29 is 19.1 Å². The second-order valence-electron chi connectivity index (χ2n) is 5.75. The van der Waals surface area contributed by atoms with Gasteiger partial charge < -0.3 is 9.47 Å². The standard InChI is InChI=1S/C16H30O2.C4H6O2/c1-4-5-6-7-8-9-10-11-12-13-14-15(2)16(17)18-3;1-3-4(5)6-2/h2,4-14H2,1,3H3;3H,1H2,2H3. The van der Waals surface area contributed by atoms with E-state index in [9.17, 15) is 9.59 Å². The number of unbranched alkanes of at least 4 members (excludes halogenated alkanes) is 9. The Morgan fingerprint density at radius 1 is 0.833 bits per heavy atom. The SMILES string of the molecule is C=C(CCCCCCCCCCCC)C(=O)OC.C=CC(=O)OC.